The second-order valence-corrected chi connectivity index (χ2v) is 11.8. The molecular weight excluding hydrogens is 474 g/mol. The minimum Gasteiger partial charge on any atom is -0.457 e. The van der Waals surface area contributed by atoms with Gasteiger partial charge >= 0.3 is 0 Å². The van der Waals surface area contributed by atoms with E-state index in [-0.39, 0.29) is 11.5 Å². The summed E-state index contributed by atoms with van der Waals surface area (Å²) in [5.74, 6) is 0.739. The fourth-order valence-corrected chi connectivity index (χ4v) is 6.18. The zero-order valence-corrected chi connectivity index (χ0v) is 19.4. The lowest BCUT2D eigenvalue weighted by Crippen LogP contribution is -2.26. The number of nitrogens with zero attached hydrogens (tertiary/aromatic N) is 2. The summed E-state index contributed by atoms with van der Waals surface area (Å²) < 4.78 is 31.4. The topological polar surface area (TPSA) is 77.9 Å². The Bertz CT molecular complexity index is 1140. The molecule has 1 heterocycles. The molecule has 30 heavy (non-hydrogen) atoms. The molecule has 1 atom stereocenters. The van der Waals surface area contributed by atoms with Crippen LogP contribution >= 0.6 is 23.2 Å². The second kappa shape index (κ2) is 8.36. The summed E-state index contributed by atoms with van der Waals surface area (Å²) in [6.07, 6.45) is 0. The second-order valence-electron chi connectivity index (χ2n) is 7.67. The van der Waals surface area contributed by atoms with Crippen LogP contribution in [0.3, 0.4) is 0 Å². The molecule has 0 N–H and O–H groups in total. The molecule has 0 aliphatic heterocycles. The molecule has 0 bridgehead atoms. The van der Waals surface area contributed by atoms with E-state index in [1.807, 2.05) is 39.8 Å². The normalized spacial score (nSPS) is 13.5. The van der Waals surface area contributed by atoms with Crippen LogP contribution in [0, 0.1) is 22.9 Å². The molecule has 3 aromatic rings. The van der Waals surface area contributed by atoms with Crippen LogP contribution in [0.15, 0.2) is 68.2 Å². The Balaban J connectivity index is 2.33. The van der Waals surface area contributed by atoms with Gasteiger partial charge < -0.3 is 8.94 Å². The minimum atomic E-state index is -2.96. The van der Waals surface area contributed by atoms with E-state index in [0.717, 1.165) is 0 Å². The van der Waals surface area contributed by atoms with E-state index in [1.165, 1.54) is 36.4 Å². The number of benzene rings is 2. The van der Waals surface area contributed by atoms with Gasteiger partial charge in [0.05, 0.1) is 10.6 Å². The molecule has 158 valence electrons. The SMILES string of the molecule is Cc1ccc([P@](=Nc2cc([N+](=O)[O-])ccc2Br)(Oc2ccc(F)cc2)C(C)(C)C)o1. The number of nitro benzene ring substituents is 1. The summed E-state index contributed by atoms with van der Waals surface area (Å²) >= 11 is 3.44. The van der Waals surface area contributed by atoms with Gasteiger partial charge in [-0.15, -0.1) is 0 Å². The highest BCUT2D eigenvalue weighted by molar-refractivity contribution is 9.10. The van der Waals surface area contributed by atoms with E-state index in [1.54, 1.807) is 6.07 Å². The van der Waals surface area contributed by atoms with Crippen molar-refractivity contribution < 1.29 is 18.3 Å². The van der Waals surface area contributed by atoms with Crippen molar-refractivity contribution in [1.82, 2.24) is 0 Å². The molecule has 0 aliphatic carbocycles. The highest BCUT2D eigenvalue weighted by Crippen LogP contribution is 2.62. The van der Waals surface area contributed by atoms with Crippen molar-refractivity contribution in [3.05, 3.63) is 80.8 Å². The summed E-state index contributed by atoms with van der Waals surface area (Å²) in [5.41, 5.74) is 0.834. The molecule has 6 nitrogen and oxygen atoms in total. The van der Waals surface area contributed by atoms with Crippen molar-refractivity contribution in [2.45, 2.75) is 32.9 Å². The van der Waals surface area contributed by atoms with Crippen molar-refractivity contribution in [3.63, 3.8) is 0 Å². The van der Waals surface area contributed by atoms with Gasteiger partial charge in [-0.2, -0.15) is 0 Å². The van der Waals surface area contributed by atoms with Crippen LogP contribution in [0.5, 0.6) is 5.75 Å². The molecule has 9 heteroatoms. The van der Waals surface area contributed by atoms with E-state index in [0.29, 0.717) is 27.2 Å². The third kappa shape index (κ3) is 4.50. The van der Waals surface area contributed by atoms with Crippen LogP contribution < -0.4 is 10.0 Å². The van der Waals surface area contributed by atoms with Crippen molar-refractivity contribution in [2.75, 3.05) is 0 Å². The van der Waals surface area contributed by atoms with E-state index in [2.05, 4.69) is 15.9 Å². The van der Waals surface area contributed by atoms with Crippen LogP contribution in [0.1, 0.15) is 26.5 Å². The Morgan fingerprint density at radius 2 is 1.80 bits per heavy atom. The first-order valence-electron chi connectivity index (χ1n) is 9.10. The Morgan fingerprint density at radius 1 is 1.13 bits per heavy atom. The van der Waals surface area contributed by atoms with Crippen molar-refractivity contribution in [2.24, 2.45) is 4.74 Å². The van der Waals surface area contributed by atoms with Gasteiger partial charge in [-0.3, -0.25) is 10.1 Å². The first-order valence-corrected chi connectivity index (χ1v) is 11.6. The summed E-state index contributed by atoms with van der Waals surface area (Å²) in [6, 6.07) is 13.7. The van der Waals surface area contributed by atoms with Crippen LogP contribution in [-0.4, -0.2) is 10.1 Å². The first kappa shape index (κ1) is 22.2. The summed E-state index contributed by atoms with van der Waals surface area (Å²) in [7, 11) is -2.96. The Kier molecular flexibility index (Phi) is 6.20. The summed E-state index contributed by atoms with van der Waals surface area (Å²) in [4.78, 5) is 10.8. The van der Waals surface area contributed by atoms with Crippen molar-refractivity contribution >= 4 is 40.1 Å². The Morgan fingerprint density at radius 3 is 2.33 bits per heavy atom. The number of halogens is 2. The molecule has 0 saturated heterocycles. The fraction of sp³-hybridized carbons (Fsp3) is 0.238. The van der Waals surface area contributed by atoms with Crippen LogP contribution in [0.2, 0.25) is 0 Å². The minimum absolute atomic E-state index is 0.0821. The standard InChI is InChI=1S/C21H21BrFN2O4P/c1-14-5-12-20(28-14)30(21(2,3)4,29-17-9-6-15(23)7-10-17)24-19-13-16(25(26)27)8-11-18(19)22/h5-13H,1-4H3/t30-/m0/s1. The number of hydrogen-bond donors (Lipinski definition) is 0. The average molecular weight is 495 g/mol. The van der Waals surface area contributed by atoms with Gasteiger partial charge in [0.25, 0.3) is 5.69 Å². The van der Waals surface area contributed by atoms with Gasteiger partial charge in [0.2, 0.25) is 7.28 Å². The molecule has 2 aromatic carbocycles. The lowest BCUT2D eigenvalue weighted by molar-refractivity contribution is -0.384. The Hall–Kier alpha value is -2.44. The smallest absolute Gasteiger partial charge is 0.271 e. The molecule has 3 rings (SSSR count). The van der Waals surface area contributed by atoms with Gasteiger partial charge in [-0.25, -0.2) is 9.14 Å². The third-order valence-corrected chi connectivity index (χ3v) is 8.67. The van der Waals surface area contributed by atoms with Gasteiger partial charge in [-0.1, -0.05) is 20.8 Å². The molecule has 1 aromatic heterocycles. The lowest BCUT2D eigenvalue weighted by atomic mass is 10.3. The zero-order chi connectivity index (χ0) is 22.1. The highest BCUT2D eigenvalue weighted by Gasteiger charge is 2.42. The van der Waals surface area contributed by atoms with Gasteiger partial charge in [0.1, 0.15) is 17.3 Å². The van der Waals surface area contributed by atoms with Crippen LogP contribution in [0.4, 0.5) is 15.8 Å². The molecule has 0 radical (unpaired) electrons. The number of rotatable bonds is 5. The largest absolute Gasteiger partial charge is 0.457 e. The average Bonchev–Trinajstić information content (AvgIpc) is 3.10. The first-order chi connectivity index (χ1) is 14.0. The molecule has 0 fully saturated rings. The van der Waals surface area contributed by atoms with Crippen molar-refractivity contribution in [1.29, 1.82) is 0 Å². The van der Waals surface area contributed by atoms with Gasteiger partial charge in [0.15, 0.2) is 5.50 Å². The maximum atomic E-state index is 13.4. The van der Waals surface area contributed by atoms with E-state index in [9.17, 15) is 14.5 Å². The maximum Gasteiger partial charge on any atom is 0.271 e. The quantitative estimate of drug-likeness (QED) is 0.211. The highest BCUT2D eigenvalue weighted by atomic mass is 79.9. The maximum absolute atomic E-state index is 13.4. The molecule has 0 saturated carbocycles. The number of furan rings is 1. The van der Waals surface area contributed by atoms with Gasteiger partial charge in [0, 0.05) is 21.8 Å². The van der Waals surface area contributed by atoms with E-state index >= 15 is 0 Å². The molecule has 0 unspecified atom stereocenters. The predicted octanol–water partition coefficient (Wildman–Crippen LogP) is 7.35. The lowest BCUT2D eigenvalue weighted by Gasteiger charge is -2.35. The Labute approximate surface area is 182 Å². The van der Waals surface area contributed by atoms with E-state index < -0.39 is 17.4 Å². The van der Waals surface area contributed by atoms with Crippen molar-refractivity contribution in [3.8, 4) is 5.75 Å². The summed E-state index contributed by atoms with van der Waals surface area (Å²) in [6.45, 7) is 7.73. The summed E-state index contributed by atoms with van der Waals surface area (Å²) in [5, 5.41) is 10.7. The van der Waals surface area contributed by atoms with Gasteiger partial charge in [-0.05, 0) is 65.3 Å². The zero-order valence-electron chi connectivity index (χ0n) is 16.9. The van der Waals surface area contributed by atoms with E-state index in [4.69, 9.17) is 13.7 Å². The molecule has 0 amide bonds. The molecular formula is C21H21BrFN2O4P. The molecule has 0 aliphatic rings. The fourth-order valence-electron chi connectivity index (χ4n) is 2.81. The number of hydrogen-bond acceptors (Lipinski definition) is 5. The number of aryl methyl sites for hydroxylation is 1. The van der Waals surface area contributed by atoms with Crippen LogP contribution in [-0.2, 0) is 0 Å². The monoisotopic (exact) mass is 494 g/mol. The number of nitro groups is 1. The third-order valence-electron chi connectivity index (χ3n) is 4.37. The predicted molar refractivity (Wildman–Crippen MR) is 120 cm³/mol. The molecule has 0 spiro atoms. The number of non-ortho nitro benzene ring substituents is 1. The van der Waals surface area contributed by atoms with Crippen LogP contribution in [0.25, 0.3) is 0 Å².